The first-order chi connectivity index (χ1) is 14.0. The summed E-state index contributed by atoms with van der Waals surface area (Å²) in [6, 6.07) is 10.8. The molecule has 0 saturated heterocycles. The van der Waals surface area contributed by atoms with E-state index in [9.17, 15) is 4.79 Å². The molecule has 0 radical (unpaired) electrons. The van der Waals surface area contributed by atoms with E-state index in [0.29, 0.717) is 35.4 Å². The van der Waals surface area contributed by atoms with E-state index in [2.05, 4.69) is 10.3 Å². The average Bonchev–Trinajstić information content (AvgIpc) is 3.06. The Labute approximate surface area is 178 Å². The average molecular weight is 436 g/mol. The molecular formula is C20H22ClN3O4S. The van der Waals surface area contributed by atoms with E-state index < -0.39 is 0 Å². The highest BCUT2D eigenvalue weighted by atomic mass is 35.5. The first-order valence-corrected chi connectivity index (χ1v) is 10.2. The van der Waals surface area contributed by atoms with Crippen molar-refractivity contribution in [3.63, 3.8) is 0 Å². The highest BCUT2D eigenvalue weighted by Gasteiger charge is 2.14. The molecule has 0 fully saturated rings. The molecule has 7 nitrogen and oxygen atoms in total. The number of fused-ring (bicyclic) bond motifs is 1. The molecule has 0 aliphatic carbocycles. The molecule has 0 aliphatic rings. The summed E-state index contributed by atoms with van der Waals surface area (Å²) in [4.78, 5) is 17.1. The fraction of sp³-hybridized carbons (Fsp3) is 0.300. The highest BCUT2D eigenvalue weighted by Crippen LogP contribution is 2.28. The molecule has 3 aromatic rings. The lowest BCUT2D eigenvalue weighted by atomic mass is 10.2. The van der Waals surface area contributed by atoms with E-state index in [1.165, 1.54) is 11.8 Å². The Bertz CT molecular complexity index is 987. The lowest BCUT2D eigenvalue weighted by Crippen LogP contribution is -2.15. The number of nitrogens with zero attached hydrogens (tertiary/aromatic N) is 2. The van der Waals surface area contributed by atoms with Crippen LogP contribution in [0.25, 0.3) is 11.0 Å². The number of amides is 1. The van der Waals surface area contributed by atoms with Gasteiger partial charge in [-0.05, 0) is 18.2 Å². The Balaban J connectivity index is 1.73. The molecule has 0 unspecified atom stereocenters. The zero-order valence-electron chi connectivity index (χ0n) is 16.4. The largest absolute Gasteiger partial charge is 0.497 e. The Hall–Kier alpha value is -2.42. The minimum absolute atomic E-state index is 0.159. The van der Waals surface area contributed by atoms with Crippen LogP contribution in [-0.4, -0.2) is 49.1 Å². The smallest absolute Gasteiger partial charge is 0.234 e. The Kier molecular flexibility index (Phi) is 7.24. The molecule has 1 amide bonds. The molecule has 29 heavy (non-hydrogen) atoms. The summed E-state index contributed by atoms with van der Waals surface area (Å²) in [6.07, 6.45) is 0. The molecule has 0 atom stereocenters. The highest BCUT2D eigenvalue weighted by molar-refractivity contribution is 7.99. The number of nitrogens with one attached hydrogen (secondary N) is 1. The summed E-state index contributed by atoms with van der Waals surface area (Å²) in [6.45, 7) is 1.17. The predicted octanol–water partition coefficient (Wildman–Crippen LogP) is 4.08. The number of carbonyl (C=O) groups excluding carboxylic acids is 1. The minimum atomic E-state index is -0.159. The van der Waals surface area contributed by atoms with Crippen molar-refractivity contribution >= 4 is 46.0 Å². The number of hydrogen-bond acceptors (Lipinski definition) is 6. The molecule has 154 valence electrons. The number of methoxy groups -OCH3 is 3. The van der Waals surface area contributed by atoms with Gasteiger partial charge in [-0.2, -0.15) is 0 Å². The number of hydrogen-bond donors (Lipinski definition) is 1. The third-order valence-electron chi connectivity index (χ3n) is 4.16. The maximum atomic E-state index is 12.5. The topological polar surface area (TPSA) is 74.6 Å². The SMILES string of the molecule is COCCn1c(SCC(=O)Nc2cc(OC)cc(OC)c2)nc2cc(Cl)ccc21. The molecule has 0 saturated carbocycles. The van der Waals surface area contributed by atoms with Crippen molar-refractivity contribution in [2.75, 3.05) is 39.0 Å². The third-order valence-corrected chi connectivity index (χ3v) is 5.37. The lowest BCUT2D eigenvalue weighted by molar-refractivity contribution is -0.113. The van der Waals surface area contributed by atoms with Crippen molar-refractivity contribution in [1.29, 1.82) is 0 Å². The van der Waals surface area contributed by atoms with E-state index in [0.717, 1.165) is 16.2 Å². The van der Waals surface area contributed by atoms with Crippen LogP contribution in [0.15, 0.2) is 41.6 Å². The first-order valence-electron chi connectivity index (χ1n) is 8.84. The summed E-state index contributed by atoms with van der Waals surface area (Å²) >= 11 is 7.44. The number of carbonyl (C=O) groups is 1. The molecular weight excluding hydrogens is 414 g/mol. The predicted molar refractivity (Wildman–Crippen MR) is 116 cm³/mol. The standard InChI is InChI=1S/C20H22ClN3O4S/c1-26-7-6-24-18-5-4-13(21)8-17(18)23-20(24)29-12-19(25)22-14-9-15(27-2)11-16(10-14)28-3/h4-5,8-11H,6-7,12H2,1-3H3,(H,22,25). The normalized spacial score (nSPS) is 10.9. The minimum Gasteiger partial charge on any atom is -0.497 e. The van der Waals surface area contributed by atoms with Crippen LogP contribution < -0.4 is 14.8 Å². The molecule has 0 bridgehead atoms. The molecule has 2 aromatic carbocycles. The zero-order valence-corrected chi connectivity index (χ0v) is 18.0. The van der Waals surface area contributed by atoms with Crippen molar-refractivity contribution in [3.05, 3.63) is 41.4 Å². The molecule has 1 N–H and O–H groups in total. The van der Waals surface area contributed by atoms with Gasteiger partial charge in [0, 0.05) is 42.6 Å². The van der Waals surface area contributed by atoms with E-state index >= 15 is 0 Å². The Morgan fingerprint density at radius 2 is 1.86 bits per heavy atom. The first kappa shape index (κ1) is 21.3. The summed E-state index contributed by atoms with van der Waals surface area (Å²) in [5.74, 6) is 1.24. The van der Waals surface area contributed by atoms with E-state index in [1.54, 1.807) is 39.5 Å². The number of rotatable bonds is 9. The zero-order chi connectivity index (χ0) is 20.8. The van der Waals surface area contributed by atoms with E-state index in [-0.39, 0.29) is 11.7 Å². The number of imidazole rings is 1. The van der Waals surface area contributed by atoms with Crippen LogP contribution in [0.3, 0.4) is 0 Å². The second-order valence-corrected chi connectivity index (χ2v) is 7.49. The van der Waals surface area contributed by atoms with Gasteiger partial charge < -0.3 is 24.1 Å². The second-order valence-electron chi connectivity index (χ2n) is 6.11. The summed E-state index contributed by atoms with van der Waals surface area (Å²) in [5.41, 5.74) is 2.34. The third kappa shape index (κ3) is 5.35. The molecule has 0 spiro atoms. The maximum absolute atomic E-state index is 12.5. The summed E-state index contributed by atoms with van der Waals surface area (Å²) < 4.78 is 17.7. The molecule has 1 heterocycles. The van der Waals surface area contributed by atoms with Gasteiger partial charge in [-0.1, -0.05) is 23.4 Å². The van der Waals surface area contributed by atoms with Crippen LogP contribution in [-0.2, 0) is 16.1 Å². The van der Waals surface area contributed by atoms with Gasteiger partial charge in [0.1, 0.15) is 11.5 Å². The fourth-order valence-electron chi connectivity index (χ4n) is 2.80. The monoisotopic (exact) mass is 435 g/mol. The summed E-state index contributed by atoms with van der Waals surface area (Å²) in [7, 11) is 4.78. The van der Waals surface area contributed by atoms with Crippen molar-refractivity contribution in [1.82, 2.24) is 9.55 Å². The molecule has 0 aliphatic heterocycles. The van der Waals surface area contributed by atoms with Gasteiger partial charge in [0.15, 0.2) is 5.16 Å². The van der Waals surface area contributed by atoms with Crippen LogP contribution in [0.4, 0.5) is 5.69 Å². The Morgan fingerprint density at radius 1 is 1.14 bits per heavy atom. The Morgan fingerprint density at radius 3 is 2.52 bits per heavy atom. The summed E-state index contributed by atoms with van der Waals surface area (Å²) in [5, 5.41) is 4.22. The fourth-order valence-corrected chi connectivity index (χ4v) is 3.80. The number of benzene rings is 2. The lowest BCUT2D eigenvalue weighted by Gasteiger charge is -2.10. The van der Waals surface area contributed by atoms with Gasteiger partial charge in [-0.25, -0.2) is 4.98 Å². The van der Waals surface area contributed by atoms with Gasteiger partial charge in [0.25, 0.3) is 0 Å². The van der Waals surface area contributed by atoms with Crippen molar-refractivity contribution in [3.8, 4) is 11.5 Å². The number of anilines is 1. The quantitative estimate of drug-likeness (QED) is 0.510. The van der Waals surface area contributed by atoms with Crippen LogP contribution in [0, 0.1) is 0 Å². The van der Waals surface area contributed by atoms with Gasteiger partial charge in [0.2, 0.25) is 5.91 Å². The van der Waals surface area contributed by atoms with Crippen LogP contribution in [0.5, 0.6) is 11.5 Å². The molecule has 3 rings (SSSR count). The maximum Gasteiger partial charge on any atom is 0.234 e. The van der Waals surface area contributed by atoms with Crippen LogP contribution >= 0.6 is 23.4 Å². The van der Waals surface area contributed by atoms with E-state index in [1.807, 2.05) is 22.8 Å². The molecule has 9 heteroatoms. The van der Waals surface area contributed by atoms with Crippen molar-refractivity contribution in [2.24, 2.45) is 0 Å². The van der Waals surface area contributed by atoms with Gasteiger partial charge in [-0.15, -0.1) is 0 Å². The van der Waals surface area contributed by atoms with Crippen LogP contribution in [0.1, 0.15) is 0 Å². The van der Waals surface area contributed by atoms with Gasteiger partial charge >= 0.3 is 0 Å². The van der Waals surface area contributed by atoms with Crippen LogP contribution in [0.2, 0.25) is 5.02 Å². The second kappa shape index (κ2) is 9.87. The van der Waals surface area contributed by atoms with Crippen molar-refractivity contribution in [2.45, 2.75) is 11.7 Å². The number of thioether (sulfide) groups is 1. The van der Waals surface area contributed by atoms with Crippen molar-refractivity contribution < 1.29 is 19.0 Å². The molecule has 1 aromatic heterocycles. The van der Waals surface area contributed by atoms with Gasteiger partial charge in [0.05, 0.1) is 37.6 Å². The number of aromatic nitrogens is 2. The van der Waals surface area contributed by atoms with E-state index in [4.69, 9.17) is 25.8 Å². The number of halogens is 1. The van der Waals surface area contributed by atoms with Gasteiger partial charge in [-0.3, -0.25) is 4.79 Å². The number of ether oxygens (including phenoxy) is 3.